The molecule has 0 aliphatic rings. The third kappa shape index (κ3) is 13.1. The molecule has 0 heterocycles. The molecule has 0 aliphatic carbocycles. The number of rotatable bonds is 12. The summed E-state index contributed by atoms with van der Waals surface area (Å²) in [7, 11) is 0. The highest BCUT2D eigenvalue weighted by atomic mass is 35.5. The van der Waals surface area contributed by atoms with E-state index in [0.29, 0.717) is 6.42 Å². The molecule has 2 atom stereocenters. The quantitative estimate of drug-likeness (QED) is 0.348. The Balaban J connectivity index is 0.000000960. The van der Waals surface area contributed by atoms with Crippen LogP contribution in [0.5, 0.6) is 0 Å². The first-order valence-electron chi connectivity index (χ1n) is 11.3. The first-order chi connectivity index (χ1) is 17.2. The van der Waals surface area contributed by atoms with Crippen molar-refractivity contribution in [3.05, 3.63) is 71.8 Å². The van der Waals surface area contributed by atoms with Crippen LogP contribution in [0.1, 0.15) is 31.4 Å². The van der Waals surface area contributed by atoms with E-state index in [1.807, 2.05) is 62.4 Å². The largest absolute Gasteiger partial charge is 0.480 e. The highest BCUT2D eigenvalue weighted by Crippen LogP contribution is 2.09. The van der Waals surface area contributed by atoms with E-state index in [0.717, 1.165) is 11.1 Å². The number of nitrogens with one attached hydrogen (secondary N) is 2. The molecule has 8 nitrogen and oxygen atoms in total. The first-order valence-corrected chi connectivity index (χ1v) is 12.4. The predicted molar refractivity (Wildman–Crippen MR) is 139 cm³/mol. The summed E-state index contributed by atoms with van der Waals surface area (Å²) < 4.78 is 5.19. The van der Waals surface area contributed by atoms with Crippen LogP contribution in [0, 0.1) is 5.92 Å². The van der Waals surface area contributed by atoms with Crippen LogP contribution in [-0.2, 0) is 32.1 Å². The fraction of sp³-hybridized carbons (Fsp3) is 0.385. The minimum absolute atomic E-state index is 0.0312. The maximum absolute atomic E-state index is 12.7. The molecular formula is C26H32Cl2N2O6. The van der Waals surface area contributed by atoms with E-state index < -0.39 is 30.1 Å². The van der Waals surface area contributed by atoms with E-state index in [-0.39, 0.29) is 36.5 Å². The normalized spacial score (nSPS) is 11.9. The van der Waals surface area contributed by atoms with Crippen LogP contribution in [0.25, 0.3) is 0 Å². The second-order valence-corrected chi connectivity index (χ2v) is 8.82. The summed E-state index contributed by atoms with van der Waals surface area (Å²) in [6.45, 7) is 3.90. The molecule has 36 heavy (non-hydrogen) atoms. The molecule has 2 amide bonds. The van der Waals surface area contributed by atoms with Gasteiger partial charge in [-0.2, -0.15) is 0 Å². The number of alkyl halides is 2. The van der Waals surface area contributed by atoms with Gasteiger partial charge in [-0.1, -0.05) is 74.5 Å². The molecule has 2 aromatic rings. The summed E-state index contributed by atoms with van der Waals surface area (Å²) in [5.74, 6) is -1.65. The topological polar surface area (TPSA) is 122 Å². The Morgan fingerprint density at radius 2 is 1.36 bits per heavy atom. The van der Waals surface area contributed by atoms with E-state index >= 15 is 0 Å². The smallest absolute Gasteiger partial charge is 0.408 e. The Hall–Kier alpha value is -3.10. The number of amides is 2. The van der Waals surface area contributed by atoms with Gasteiger partial charge in [0, 0.05) is 6.42 Å². The van der Waals surface area contributed by atoms with Crippen molar-refractivity contribution in [1.82, 2.24) is 10.6 Å². The van der Waals surface area contributed by atoms with Crippen LogP contribution in [-0.4, -0.2) is 52.7 Å². The fourth-order valence-corrected chi connectivity index (χ4v) is 3.25. The van der Waals surface area contributed by atoms with Crippen molar-refractivity contribution >= 4 is 47.0 Å². The summed E-state index contributed by atoms with van der Waals surface area (Å²) in [6, 6.07) is 16.2. The molecule has 0 spiro atoms. The predicted octanol–water partition coefficient (Wildman–Crippen LogP) is 4.17. The molecule has 10 heteroatoms. The molecule has 0 radical (unpaired) electrons. The second-order valence-electron chi connectivity index (χ2n) is 8.28. The van der Waals surface area contributed by atoms with E-state index in [9.17, 15) is 24.3 Å². The number of benzene rings is 2. The lowest BCUT2D eigenvalue weighted by Gasteiger charge is -2.22. The van der Waals surface area contributed by atoms with Gasteiger partial charge in [0.1, 0.15) is 18.7 Å². The summed E-state index contributed by atoms with van der Waals surface area (Å²) >= 11 is 10.0. The Labute approximate surface area is 221 Å². The van der Waals surface area contributed by atoms with Crippen LogP contribution in [0.2, 0.25) is 0 Å². The molecular weight excluding hydrogens is 507 g/mol. The number of carboxylic acids is 1. The third-order valence-corrected chi connectivity index (χ3v) is 5.32. The van der Waals surface area contributed by atoms with Crippen molar-refractivity contribution in [2.24, 2.45) is 5.92 Å². The molecule has 0 unspecified atom stereocenters. The summed E-state index contributed by atoms with van der Waals surface area (Å²) in [5, 5.41) is 14.6. The zero-order valence-electron chi connectivity index (χ0n) is 20.3. The highest BCUT2D eigenvalue weighted by Gasteiger charge is 2.27. The molecule has 0 saturated carbocycles. The Morgan fingerprint density at radius 1 is 0.833 bits per heavy atom. The number of halogens is 2. The number of alkyl carbamates (subject to hydrolysis) is 1. The Morgan fingerprint density at radius 3 is 1.81 bits per heavy atom. The van der Waals surface area contributed by atoms with Gasteiger partial charge in [0.05, 0.1) is 11.8 Å². The van der Waals surface area contributed by atoms with Gasteiger partial charge in [-0.3, -0.25) is 9.59 Å². The number of carbonyl (C=O) groups is 4. The average molecular weight is 539 g/mol. The summed E-state index contributed by atoms with van der Waals surface area (Å²) in [6.07, 6.45) is -0.229. The Bertz CT molecular complexity index is 951. The molecule has 2 rings (SSSR count). The minimum atomic E-state index is -1.14. The van der Waals surface area contributed by atoms with Gasteiger partial charge in [0.25, 0.3) is 0 Å². The van der Waals surface area contributed by atoms with Crippen molar-refractivity contribution in [2.75, 3.05) is 11.8 Å². The maximum Gasteiger partial charge on any atom is 0.408 e. The molecule has 0 aromatic heterocycles. The van der Waals surface area contributed by atoms with E-state index in [1.54, 1.807) is 12.1 Å². The number of Topliss-reactive ketones (excluding diaryl/α,β-unsaturated/α-hetero) is 1. The molecule has 0 aliphatic heterocycles. The summed E-state index contributed by atoms with van der Waals surface area (Å²) in [4.78, 5) is 46.5. The molecule has 0 fully saturated rings. The SMILES string of the molecule is CC(C)C[C@H](NC(=O)OCc1ccccc1)C(=O)N[C@@H](Cc1ccccc1)C(=O)O.O=C(CCl)CCl. The number of ketones is 1. The number of aliphatic carboxylic acids is 1. The zero-order chi connectivity index (χ0) is 26.9. The lowest BCUT2D eigenvalue weighted by molar-refractivity contribution is -0.142. The van der Waals surface area contributed by atoms with Crippen LogP contribution < -0.4 is 10.6 Å². The van der Waals surface area contributed by atoms with Crippen molar-refractivity contribution in [2.45, 2.75) is 45.4 Å². The van der Waals surface area contributed by atoms with E-state index in [4.69, 9.17) is 27.9 Å². The number of hydrogen-bond donors (Lipinski definition) is 3. The zero-order valence-corrected chi connectivity index (χ0v) is 21.8. The summed E-state index contributed by atoms with van der Waals surface area (Å²) in [5.41, 5.74) is 1.62. The van der Waals surface area contributed by atoms with Gasteiger partial charge in [-0.15, -0.1) is 23.2 Å². The van der Waals surface area contributed by atoms with Gasteiger partial charge in [0.15, 0.2) is 5.78 Å². The first kappa shape index (κ1) is 30.9. The van der Waals surface area contributed by atoms with Crippen molar-refractivity contribution in [3.63, 3.8) is 0 Å². The standard InChI is InChI=1S/C23H28N2O5.C3H4Cl2O/c1-16(2)13-19(25-23(29)30-15-18-11-7-4-8-12-18)21(26)24-20(22(27)28)14-17-9-5-3-6-10-17;4-1-3(6)2-5/h3-12,16,19-20H,13-15H2,1-2H3,(H,24,26)(H,25,29)(H,27,28);1-2H2/t19-,20-;/m0./s1. The highest BCUT2D eigenvalue weighted by molar-refractivity contribution is 6.35. The maximum atomic E-state index is 12.7. The molecule has 2 aromatic carbocycles. The number of ether oxygens (including phenoxy) is 1. The van der Waals surface area contributed by atoms with Crippen molar-refractivity contribution in [1.29, 1.82) is 0 Å². The molecule has 0 bridgehead atoms. The van der Waals surface area contributed by atoms with Crippen LogP contribution in [0.3, 0.4) is 0 Å². The number of carbonyl (C=O) groups excluding carboxylic acids is 3. The van der Waals surface area contributed by atoms with Gasteiger partial charge in [-0.25, -0.2) is 9.59 Å². The van der Waals surface area contributed by atoms with Gasteiger partial charge >= 0.3 is 12.1 Å². The van der Waals surface area contributed by atoms with E-state index in [2.05, 4.69) is 10.6 Å². The van der Waals surface area contributed by atoms with Crippen molar-refractivity contribution in [3.8, 4) is 0 Å². The molecule has 3 N–H and O–H groups in total. The average Bonchev–Trinajstić information content (AvgIpc) is 2.87. The van der Waals surface area contributed by atoms with Crippen molar-refractivity contribution < 1.29 is 29.0 Å². The van der Waals surface area contributed by atoms with Crippen LogP contribution >= 0.6 is 23.2 Å². The van der Waals surface area contributed by atoms with Crippen LogP contribution in [0.15, 0.2) is 60.7 Å². The third-order valence-electron chi connectivity index (χ3n) is 4.72. The number of carboxylic acid groups (broad SMARTS) is 1. The Kier molecular flexibility index (Phi) is 14.9. The lowest BCUT2D eigenvalue weighted by Crippen LogP contribution is -2.52. The van der Waals surface area contributed by atoms with Gasteiger partial charge < -0.3 is 20.5 Å². The molecule has 0 saturated heterocycles. The fourth-order valence-electron chi connectivity index (χ4n) is 2.97. The minimum Gasteiger partial charge on any atom is -0.480 e. The molecule has 196 valence electrons. The lowest BCUT2D eigenvalue weighted by atomic mass is 10.0. The van der Waals surface area contributed by atoms with Gasteiger partial charge in [-0.05, 0) is 23.5 Å². The number of hydrogen-bond acceptors (Lipinski definition) is 5. The van der Waals surface area contributed by atoms with Crippen LogP contribution in [0.4, 0.5) is 4.79 Å². The second kappa shape index (κ2) is 17.3. The van der Waals surface area contributed by atoms with E-state index in [1.165, 1.54) is 0 Å². The monoisotopic (exact) mass is 538 g/mol. The van der Waals surface area contributed by atoms with Gasteiger partial charge in [0.2, 0.25) is 5.91 Å².